The fourth-order valence-corrected chi connectivity index (χ4v) is 2.04. The fourth-order valence-electron chi connectivity index (χ4n) is 2.04. The number of carbonyl (C=O) groups excluding carboxylic acids is 1. The standard InChI is InChI=1S/C15H26N2O3/c1-4-12(9-10-18)16-15(19)14-8-7-13(20-14)11-17(5-2)6-3/h7-8,12,18H,4-6,9-11H2,1-3H3,(H,16,19). The molecule has 114 valence electrons. The van der Waals surface area contributed by atoms with Gasteiger partial charge in [-0.3, -0.25) is 9.69 Å². The van der Waals surface area contributed by atoms with Gasteiger partial charge in [-0.05, 0) is 38.1 Å². The molecule has 1 unspecified atom stereocenters. The van der Waals surface area contributed by atoms with Crippen LogP contribution in [0.5, 0.6) is 0 Å². The minimum absolute atomic E-state index is 0.0103. The van der Waals surface area contributed by atoms with Gasteiger partial charge in [0, 0.05) is 12.6 Å². The Kier molecular flexibility index (Phi) is 7.33. The summed E-state index contributed by atoms with van der Waals surface area (Å²) in [6, 6.07) is 3.55. The second kappa shape index (κ2) is 8.76. The van der Waals surface area contributed by atoms with Crippen LogP contribution in [-0.2, 0) is 6.54 Å². The fraction of sp³-hybridized carbons (Fsp3) is 0.667. The minimum Gasteiger partial charge on any atom is -0.455 e. The summed E-state index contributed by atoms with van der Waals surface area (Å²) in [5.74, 6) is 0.925. The molecule has 0 aliphatic heterocycles. The van der Waals surface area contributed by atoms with Gasteiger partial charge in [-0.15, -0.1) is 0 Å². The largest absolute Gasteiger partial charge is 0.455 e. The molecule has 0 aromatic carbocycles. The van der Waals surface area contributed by atoms with Crippen LogP contribution in [-0.4, -0.2) is 41.7 Å². The highest BCUT2D eigenvalue weighted by molar-refractivity contribution is 5.91. The molecule has 0 saturated carbocycles. The number of amides is 1. The number of aliphatic hydroxyl groups excluding tert-OH is 1. The lowest BCUT2D eigenvalue weighted by molar-refractivity contribution is 0.0897. The monoisotopic (exact) mass is 282 g/mol. The molecule has 2 N–H and O–H groups in total. The average Bonchev–Trinajstić information content (AvgIpc) is 2.92. The number of hydrogen-bond donors (Lipinski definition) is 2. The second-order valence-electron chi connectivity index (χ2n) is 4.82. The number of furan rings is 1. The maximum atomic E-state index is 12.0. The van der Waals surface area contributed by atoms with Crippen LogP contribution in [0.25, 0.3) is 0 Å². The van der Waals surface area contributed by atoms with E-state index in [4.69, 9.17) is 9.52 Å². The number of carbonyl (C=O) groups is 1. The van der Waals surface area contributed by atoms with Gasteiger partial charge in [0.2, 0.25) is 0 Å². The lowest BCUT2D eigenvalue weighted by atomic mass is 10.1. The van der Waals surface area contributed by atoms with Gasteiger partial charge in [0.1, 0.15) is 5.76 Å². The number of rotatable bonds is 9. The van der Waals surface area contributed by atoms with Gasteiger partial charge < -0.3 is 14.8 Å². The van der Waals surface area contributed by atoms with Crippen LogP contribution in [0.4, 0.5) is 0 Å². The van der Waals surface area contributed by atoms with Gasteiger partial charge in [0.05, 0.1) is 6.54 Å². The second-order valence-corrected chi connectivity index (χ2v) is 4.82. The first-order valence-corrected chi connectivity index (χ1v) is 7.37. The van der Waals surface area contributed by atoms with Gasteiger partial charge in [-0.25, -0.2) is 0 Å². The molecule has 5 nitrogen and oxygen atoms in total. The van der Waals surface area contributed by atoms with Crippen molar-refractivity contribution >= 4 is 5.91 Å². The smallest absolute Gasteiger partial charge is 0.287 e. The van der Waals surface area contributed by atoms with Crippen molar-refractivity contribution in [2.75, 3.05) is 19.7 Å². The van der Waals surface area contributed by atoms with E-state index >= 15 is 0 Å². The summed E-state index contributed by atoms with van der Waals surface area (Å²) in [7, 11) is 0. The SMILES string of the molecule is CCC(CCO)NC(=O)c1ccc(CN(CC)CC)o1. The van der Waals surface area contributed by atoms with E-state index in [1.165, 1.54) is 0 Å². The zero-order valence-electron chi connectivity index (χ0n) is 12.7. The number of nitrogens with zero attached hydrogens (tertiary/aromatic N) is 1. The van der Waals surface area contributed by atoms with Crippen LogP contribution in [0.15, 0.2) is 16.5 Å². The molecule has 0 fully saturated rings. The quantitative estimate of drug-likeness (QED) is 0.727. The lowest BCUT2D eigenvalue weighted by Crippen LogP contribution is -2.34. The molecule has 1 atom stereocenters. The molecule has 0 bridgehead atoms. The van der Waals surface area contributed by atoms with Crippen molar-refractivity contribution in [1.82, 2.24) is 10.2 Å². The zero-order chi connectivity index (χ0) is 15.0. The Balaban J connectivity index is 2.59. The van der Waals surface area contributed by atoms with Crippen LogP contribution in [0.2, 0.25) is 0 Å². The summed E-state index contributed by atoms with van der Waals surface area (Å²) in [5, 5.41) is 11.8. The molecule has 0 spiro atoms. The molecule has 1 rings (SSSR count). The predicted octanol–water partition coefficient (Wildman–Crippen LogP) is 2.01. The average molecular weight is 282 g/mol. The lowest BCUT2D eigenvalue weighted by Gasteiger charge is -2.16. The molecule has 1 aromatic heterocycles. The molecule has 0 aliphatic carbocycles. The summed E-state index contributed by atoms with van der Waals surface area (Å²) in [5.41, 5.74) is 0. The summed E-state index contributed by atoms with van der Waals surface area (Å²) >= 11 is 0. The highest BCUT2D eigenvalue weighted by Crippen LogP contribution is 2.11. The first-order chi connectivity index (χ1) is 9.64. The molecule has 0 radical (unpaired) electrons. The van der Waals surface area contributed by atoms with Gasteiger partial charge in [-0.1, -0.05) is 20.8 Å². The number of nitrogens with one attached hydrogen (secondary N) is 1. The van der Waals surface area contributed by atoms with Gasteiger partial charge >= 0.3 is 0 Å². The third-order valence-corrected chi connectivity index (χ3v) is 3.46. The zero-order valence-corrected chi connectivity index (χ0v) is 12.7. The van der Waals surface area contributed by atoms with Gasteiger partial charge in [0.15, 0.2) is 5.76 Å². The van der Waals surface area contributed by atoms with Crippen molar-refractivity contribution < 1.29 is 14.3 Å². The summed E-state index contributed by atoms with van der Waals surface area (Å²) < 4.78 is 5.59. The number of hydrogen-bond acceptors (Lipinski definition) is 4. The minimum atomic E-state index is -0.212. The third-order valence-electron chi connectivity index (χ3n) is 3.46. The Morgan fingerprint density at radius 2 is 2.05 bits per heavy atom. The molecule has 1 amide bonds. The first-order valence-electron chi connectivity index (χ1n) is 7.37. The topological polar surface area (TPSA) is 65.7 Å². The molecular formula is C15H26N2O3. The molecule has 1 heterocycles. The van der Waals surface area contributed by atoms with Crippen molar-refractivity contribution in [2.45, 2.75) is 46.2 Å². The van der Waals surface area contributed by atoms with Crippen molar-refractivity contribution in [2.24, 2.45) is 0 Å². The van der Waals surface area contributed by atoms with E-state index in [9.17, 15) is 4.79 Å². The van der Waals surface area contributed by atoms with Gasteiger partial charge in [-0.2, -0.15) is 0 Å². The van der Waals surface area contributed by atoms with Crippen LogP contribution in [0.1, 0.15) is 49.9 Å². The van der Waals surface area contributed by atoms with E-state index < -0.39 is 0 Å². The van der Waals surface area contributed by atoms with E-state index in [0.29, 0.717) is 18.7 Å². The maximum absolute atomic E-state index is 12.0. The summed E-state index contributed by atoms with van der Waals surface area (Å²) in [6.45, 7) is 8.87. The molecule has 20 heavy (non-hydrogen) atoms. The normalized spacial score (nSPS) is 12.7. The Hall–Kier alpha value is -1.33. The van der Waals surface area contributed by atoms with Crippen LogP contribution >= 0.6 is 0 Å². The Morgan fingerprint density at radius 1 is 1.35 bits per heavy atom. The van der Waals surface area contributed by atoms with E-state index in [1.54, 1.807) is 6.07 Å². The molecule has 0 saturated heterocycles. The highest BCUT2D eigenvalue weighted by Gasteiger charge is 2.15. The van der Waals surface area contributed by atoms with Gasteiger partial charge in [0.25, 0.3) is 5.91 Å². The highest BCUT2D eigenvalue weighted by atomic mass is 16.4. The van der Waals surface area contributed by atoms with E-state index in [2.05, 4.69) is 24.1 Å². The predicted molar refractivity (Wildman–Crippen MR) is 78.6 cm³/mol. The number of aliphatic hydroxyl groups is 1. The van der Waals surface area contributed by atoms with Crippen LogP contribution in [0, 0.1) is 0 Å². The maximum Gasteiger partial charge on any atom is 0.287 e. The molecule has 5 heteroatoms. The van der Waals surface area contributed by atoms with E-state index in [0.717, 1.165) is 25.3 Å². The Bertz CT molecular complexity index is 400. The molecular weight excluding hydrogens is 256 g/mol. The van der Waals surface area contributed by atoms with Crippen molar-refractivity contribution in [3.63, 3.8) is 0 Å². The molecule has 1 aromatic rings. The van der Waals surface area contributed by atoms with Crippen molar-refractivity contribution in [3.8, 4) is 0 Å². The van der Waals surface area contributed by atoms with Crippen LogP contribution in [0.3, 0.4) is 0 Å². The first kappa shape index (κ1) is 16.7. The van der Waals surface area contributed by atoms with Crippen LogP contribution < -0.4 is 5.32 Å². The third kappa shape index (κ3) is 4.98. The van der Waals surface area contributed by atoms with Crippen molar-refractivity contribution in [1.29, 1.82) is 0 Å². The summed E-state index contributed by atoms with van der Waals surface area (Å²) in [6.07, 6.45) is 1.36. The molecule has 0 aliphatic rings. The summed E-state index contributed by atoms with van der Waals surface area (Å²) in [4.78, 5) is 14.3. The Labute approximate surface area is 121 Å². The van der Waals surface area contributed by atoms with E-state index in [1.807, 2.05) is 13.0 Å². The Morgan fingerprint density at radius 3 is 2.60 bits per heavy atom. The van der Waals surface area contributed by atoms with Crippen molar-refractivity contribution in [3.05, 3.63) is 23.7 Å². The van der Waals surface area contributed by atoms with E-state index in [-0.39, 0.29) is 18.6 Å².